The average molecular weight is 288 g/mol. The number of phenols is 1. The van der Waals surface area contributed by atoms with Crippen LogP contribution < -0.4 is 5.32 Å². The van der Waals surface area contributed by atoms with Crippen molar-refractivity contribution >= 4 is 5.91 Å². The Bertz CT molecular complexity index is 527. The highest BCUT2D eigenvalue weighted by atomic mass is 16.3. The summed E-state index contributed by atoms with van der Waals surface area (Å²) in [6.45, 7) is 4.35. The summed E-state index contributed by atoms with van der Waals surface area (Å²) in [6, 6.07) is 5.25. The molecule has 2 N–H and O–H groups in total. The third-order valence-corrected chi connectivity index (χ3v) is 5.02. The van der Waals surface area contributed by atoms with Crippen LogP contribution in [0.3, 0.4) is 0 Å². The van der Waals surface area contributed by atoms with E-state index >= 15 is 0 Å². The molecule has 1 aliphatic carbocycles. The lowest BCUT2D eigenvalue weighted by molar-refractivity contribution is 0.0222. The minimum Gasteiger partial charge on any atom is -0.508 e. The van der Waals surface area contributed by atoms with Crippen molar-refractivity contribution in [3.05, 3.63) is 29.3 Å². The molecule has 0 atom stereocenters. The summed E-state index contributed by atoms with van der Waals surface area (Å²) in [5.41, 5.74) is 1.39. The molecule has 1 aliphatic heterocycles. The Morgan fingerprint density at radius 2 is 2.05 bits per heavy atom. The fourth-order valence-electron chi connectivity index (χ4n) is 3.72. The summed E-state index contributed by atoms with van der Waals surface area (Å²) in [7, 11) is 0. The van der Waals surface area contributed by atoms with Crippen molar-refractivity contribution in [1.82, 2.24) is 10.2 Å². The molecular formula is C17H24N2O2. The quantitative estimate of drug-likeness (QED) is 0.834. The monoisotopic (exact) mass is 288 g/mol. The van der Waals surface area contributed by atoms with Gasteiger partial charge in [-0.3, -0.25) is 4.79 Å². The SMILES string of the molecule is Cc1ccc(C(=O)N2CCNCC23CCCCC3)cc1O. The van der Waals surface area contributed by atoms with Crippen molar-refractivity contribution in [2.24, 2.45) is 0 Å². The van der Waals surface area contributed by atoms with Crippen LogP contribution in [-0.2, 0) is 0 Å². The molecule has 4 heteroatoms. The van der Waals surface area contributed by atoms with Gasteiger partial charge in [-0.25, -0.2) is 0 Å². The first kappa shape index (κ1) is 14.4. The maximum absolute atomic E-state index is 12.9. The van der Waals surface area contributed by atoms with Gasteiger partial charge in [-0.15, -0.1) is 0 Å². The molecule has 2 aliphatic rings. The Labute approximate surface area is 126 Å². The number of nitrogens with one attached hydrogen (secondary N) is 1. The molecule has 1 spiro atoms. The van der Waals surface area contributed by atoms with E-state index in [1.807, 2.05) is 19.1 Å². The van der Waals surface area contributed by atoms with Crippen molar-refractivity contribution < 1.29 is 9.90 Å². The standard InChI is InChI=1S/C17H24N2O2/c1-13-5-6-14(11-15(13)20)16(21)19-10-9-18-12-17(19)7-3-2-4-8-17/h5-6,11,18,20H,2-4,7-10,12H2,1H3. The fraction of sp³-hybridized carbons (Fsp3) is 0.588. The Balaban J connectivity index is 1.88. The third kappa shape index (κ3) is 2.64. The van der Waals surface area contributed by atoms with E-state index in [1.54, 1.807) is 6.07 Å². The minimum atomic E-state index is -0.0198. The molecule has 114 valence electrons. The highest BCUT2D eigenvalue weighted by molar-refractivity contribution is 5.95. The molecule has 1 heterocycles. The molecule has 1 aromatic carbocycles. The van der Waals surface area contributed by atoms with Gasteiger partial charge in [-0.2, -0.15) is 0 Å². The summed E-state index contributed by atoms with van der Waals surface area (Å²) in [6.07, 6.45) is 5.84. The number of piperazine rings is 1. The number of rotatable bonds is 1. The Kier molecular flexibility index (Phi) is 3.89. The lowest BCUT2D eigenvalue weighted by Crippen LogP contribution is -2.63. The normalized spacial score (nSPS) is 21.5. The fourth-order valence-corrected chi connectivity index (χ4v) is 3.72. The van der Waals surface area contributed by atoms with Crippen LogP contribution in [0.15, 0.2) is 18.2 Å². The van der Waals surface area contributed by atoms with E-state index in [0.717, 1.165) is 38.0 Å². The lowest BCUT2D eigenvalue weighted by Gasteiger charge is -2.49. The van der Waals surface area contributed by atoms with E-state index in [4.69, 9.17) is 0 Å². The predicted octanol–water partition coefficient (Wildman–Crippen LogP) is 2.45. The maximum Gasteiger partial charge on any atom is 0.254 e. The molecule has 0 aromatic heterocycles. The molecule has 1 saturated carbocycles. The van der Waals surface area contributed by atoms with Gasteiger partial charge in [0.2, 0.25) is 0 Å². The number of nitrogens with zero attached hydrogens (tertiary/aromatic N) is 1. The van der Waals surface area contributed by atoms with E-state index in [2.05, 4.69) is 10.2 Å². The smallest absolute Gasteiger partial charge is 0.254 e. The minimum absolute atomic E-state index is 0.0198. The molecule has 21 heavy (non-hydrogen) atoms. The number of aryl methyl sites for hydroxylation is 1. The molecule has 0 radical (unpaired) electrons. The topological polar surface area (TPSA) is 52.6 Å². The van der Waals surface area contributed by atoms with E-state index < -0.39 is 0 Å². The first-order valence-electron chi connectivity index (χ1n) is 7.95. The number of benzene rings is 1. The zero-order valence-electron chi connectivity index (χ0n) is 12.7. The molecule has 1 saturated heterocycles. The second-order valence-corrected chi connectivity index (χ2v) is 6.42. The van der Waals surface area contributed by atoms with Gasteiger partial charge in [0.25, 0.3) is 5.91 Å². The van der Waals surface area contributed by atoms with Crippen molar-refractivity contribution in [3.8, 4) is 5.75 Å². The predicted molar refractivity (Wildman–Crippen MR) is 82.6 cm³/mol. The van der Waals surface area contributed by atoms with Crippen LogP contribution in [-0.4, -0.2) is 41.1 Å². The van der Waals surface area contributed by atoms with Gasteiger partial charge < -0.3 is 15.3 Å². The Hall–Kier alpha value is -1.55. The number of amides is 1. The second-order valence-electron chi connectivity index (χ2n) is 6.42. The lowest BCUT2D eigenvalue weighted by atomic mass is 9.78. The summed E-state index contributed by atoms with van der Waals surface area (Å²) < 4.78 is 0. The van der Waals surface area contributed by atoms with Crippen LogP contribution in [0, 0.1) is 6.92 Å². The average Bonchev–Trinajstić information content (AvgIpc) is 2.51. The summed E-state index contributed by atoms with van der Waals surface area (Å²) in [4.78, 5) is 15.0. The van der Waals surface area contributed by atoms with Crippen LogP contribution in [0.1, 0.15) is 48.0 Å². The first-order chi connectivity index (χ1) is 10.1. The van der Waals surface area contributed by atoms with E-state index in [-0.39, 0.29) is 17.2 Å². The summed E-state index contributed by atoms with van der Waals surface area (Å²) >= 11 is 0. The van der Waals surface area contributed by atoms with Crippen molar-refractivity contribution in [2.75, 3.05) is 19.6 Å². The van der Waals surface area contributed by atoms with E-state index in [9.17, 15) is 9.90 Å². The van der Waals surface area contributed by atoms with Crippen LogP contribution in [0.2, 0.25) is 0 Å². The van der Waals surface area contributed by atoms with Gasteiger partial charge in [-0.1, -0.05) is 25.3 Å². The van der Waals surface area contributed by atoms with Gasteiger partial charge in [-0.05, 0) is 37.5 Å². The number of aromatic hydroxyl groups is 1. The summed E-state index contributed by atoms with van der Waals surface area (Å²) in [5.74, 6) is 0.266. The highest BCUT2D eigenvalue weighted by Gasteiger charge is 2.42. The van der Waals surface area contributed by atoms with Crippen molar-refractivity contribution in [1.29, 1.82) is 0 Å². The second kappa shape index (κ2) is 5.68. The van der Waals surface area contributed by atoms with Crippen LogP contribution in [0.4, 0.5) is 0 Å². The zero-order valence-corrected chi connectivity index (χ0v) is 12.7. The molecule has 4 nitrogen and oxygen atoms in total. The third-order valence-electron chi connectivity index (χ3n) is 5.02. The molecule has 3 rings (SSSR count). The molecule has 0 bridgehead atoms. The molecule has 1 amide bonds. The van der Waals surface area contributed by atoms with E-state index in [0.29, 0.717) is 5.56 Å². The van der Waals surface area contributed by atoms with Crippen molar-refractivity contribution in [3.63, 3.8) is 0 Å². The van der Waals surface area contributed by atoms with Gasteiger partial charge in [0.1, 0.15) is 5.75 Å². The molecule has 1 aromatic rings. The molecule has 2 fully saturated rings. The van der Waals surface area contributed by atoms with Gasteiger partial charge in [0.05, 0.1) is 5.54 Å². The largest absolute Gasteiger partial charge is 0.508 e. The Morgan fingerprint density at radius 3 is 2.76 bits per heavy atom. The molecule has 0 unspecified atom stereocenters. The highest BCUT2D eigenvalue weighted by Crippen LogP contribution is 2.35. The summed E-state index contributed by atoms with van der Waals surface area (Å²) in [5, 5.41) is 13.3. The van der Waals surface area contributed by atoms with Gasteiger partial charge in [0.15, 0.2) is 0 Å². The number of carbonyl (C=O) groups excluding carboxylic acids is 1. The van der Waals surface area contributed by atoms with Crippen LogP contribution >= 0.6 is 0 Å². The van der Waals surface area contributed by atoms with Crippen LogP contribution in [0.5, 0.6) is 5.75 Å². The number of carbonyl (C=O) groups is 1. The first-order valence-corrected chi connectivity index (χ1v) is 7.95. The Morgan fingerprint density at radius 1 is 1.29 bits per heavy atom. The number of hydrogen-bond acceptors (Lipinski definition) is 3. The van der Waals surface area contributed by atoms with E-state index in [1.165, 1.54) is 19.3 Å². The van der Waals surface area contributed by atoms with Gasteiger partial charge in [0, 0.05) is 25.2 Å². The van der Waals surface area contributed by atoms with Crippen molar-refractivity contribution in [2.45, 2.75) is 44.6 Å². The maximum atomic E-state index is 12.9. The number of hydrogen-bond donors (Lipinski definition) is 2. The van der Waals surface area contributed by atoms with Gasteiger partial charge >= 0.3 is 0 Å². The molecular weight excluding hydrogens is 264 g/mol. The number of phenolic OH excluding ortho intramolecular Hbond substituents is 1. The van der Waals surface area contributed by atoms with Crippen LogP contribution in [0.25, 0.3) is 0 Å². The zero-order chi connectivity index (χ0) is 14.9.